The molecule has 8 nitrogen and oxygen atoms in total. The van der Waals surface area contributed by atoms with Crippen molar-refractivity contribution in [3.8, 4) is 6.01 Å². The molecule has 1 unspecified atom stereocenters. The number of aryl methyl sites for hydroxylation is 1. The summed E-state index contributed by atoms with van der Waals surface area (Å²) in [7, 11) is 0. The fourth-order valence-electron chi connectivity index (χ4n) is 6.06. The normalized spacial score (nSPS) is 19.3. The van der Waals surface area contributed by atoms with Crippen LogP contribution in [0, 0.1) is 6.92 Å². The molecule has 0 saturated carbocycles. The molecule has 1 N–H and O–H groups in total. The van der Waals surface area contributed by atoms with Gasteiger partial charge in [0.05, 0.1) is 12.2 Å². The summed E-state index contributed by atoms with van der Waals surface area (Å²) in [6.45, 7) is 10.4. The highest BCUT2D eigenvalue weighted by molar-refractivity contribution is 5.97. The van der Waals surface area contributed by atoms with Crippen molar-refractivity contribution >= 4 is 28.2 Å². The highest BCUT2D eigenvalue weighted by Gasteiger charge is 2.30. The molecule has 1 atom stereocenters. The fourth-order valence-corrected chi connectivity index (χ4v) is 6.06. The van der Waals surface area contributed by atoms with E-state index in [9.17, 15) is 9.18 Å². The molecule has 2 aromatic carbocycles. The van der Waals surface area contributed by atoms with Crippen molar-refractivity contribution in [1.29, 1.82) is 0 Å². The molecule has 39 heavy (non-hydrogen) atoms. The maximum Gasteiger partial charge on any atom is 0.318 e. The van der Waals surface area contributed by atoms with Gasteiger partial charge in [-0.2, -0.15) is 9.97 Å². The molecule has 3 aromatic rings. The number of ether oxygens (including phenoxy) is 1. The first-order chi connectivity index (χ1) is 19.0. The SMILES string of the molecule is C=C(F)C(=O)N1CCN(c2nc(OCC3CCCN3)nc3c2CCN(c2cccc4cccc(C)c24)C3)CC1. The van der Waals surface area contributed by atoms with E-state index in [1.54, 1.807) is 0 Å². The minimum atomic E-state index is -0.914. The van der Waals surface area contributed by atoms with Crippen molar-refractivity contribution < 1.29 is 13.9 Å². The van der Waals surface area contributed by atoms with Crippen molar-refractivity contribution in [3.63, 3.8) is 0 Å². The highest BCUT2D eigenvalue weighted by atomic mass is 19.1. The maximum absolute atomic E-state index is 13.4. The molecule has 2 saturated heterocycles. The average molecular weight is 531 g/mol. The van der Waals surface area contributed by atoms with Crippen molar-refractivity contribution in [2.75, 3.05) is 55.7 Å². The number of halogens is 1. The van der Waals surface area contributed by atoms with Crippen LogP contribution in [0.15, 0.2) is 48.8 Å². The third-order valence-corrected chi connectivity index (χ3v) is 8.13. The molecule has 9 heteroatoms. The van der Waals surface area contributed by atoms with Gasteiger partial charge in [-0.15, -0.1) is 0 Å². The minimum Gasteiger partial charge on any atom is -0.462 e. The Kier molecular flexibility index (Phi) is 7.08. The highest BCUT2D eigenvalue weighted by Crippen LogP contribution is 2.35. The second-order valence-corrected chi connectivity index (χ2v) is 10.7. The summed E-state index contributed by atoms with van der Waals surface area (Å²) in [6, 6.07) is 13.6. The van der Waals surface area contributed by atoms with Crippen LogP contribution in [0.4, 0.5) is 15.9 Å². The first-order valence-corrected chi connectivity index (χ1v) is 13.9. The van der Waals surface area contributed by atoms with Crippen LogP contribution in [-0.2, 0) is 17.8 Å². The molecule has 0 aliphatic carbocycles. The third-order valence-electron chi connectivity index (χ3n) is 8.13. The van der Waals surface area contributed by atoms with Gasteiger partial charge in [0.25, 0.3) is 5.91 Å². The molecular formula is C30H35FN6O2. The van der Waals surface area contributed by atoms with E-state index in [2.05, 4.69) is 65.0 Å². The second-order valence-electron chi connectivity index (χ2n) is 10.7. The third kappa shape index (κ3) is 5.15. The first kappa shape index (κ1) is 25.6. The van der Waals surface area contributed by atoms with Gasteiger partial charge in [0.1, 0.15) is 12.4 Å². The number of benzene rings is 2. The number of anilines is 2. The summed E-state index contributed by atoms with van der Waals surface area (Å²) in [5, 5.41) is 5.98. The predicted octanol–water partition coefficient (Wildman–Crippen LogP) is 3.76. The Hall–Kier alpha value is -3.72. The molecule has 3 aliphatic heterocycles. The zero-order valence-corrected chi connectivity index (χ0v) is 22.5. The van der Waals surface area contributed by atoms with Crippen LogP contribution in [-0.4, -0.2) is 72.7 Å². The van der Waals surface area contributed by atoms with E-state index in [1.165, 1.54) is 26.9 Å². The van der Waals surface area contributed by atoms with Gasteiger partial charge in [0.2, 0.25) is 0 Å². The smallest absolute Gasteiger partial charge is 0.318 e. The lowest BCUT2D eigenvalue weighted by Gasteiger charge is -2.38. The molecule has 6 rings (SSSR count). The summed E-state index contributed by atoms with van der Waals surface area (Å²) >= 11 is 0. The fraction of sp³-hybridized carbons (Fsp3) is 0.433. The number of amides is 1. The van der Waals surface area contributed by atoms with E-state index in [4.69, 9.17) is 14.7 Å². The number of fused-ring (bicyclic) bond motifs is 2. The molecule has 3 aliphatic rings. The van der Waals surface area contributed by atoms with Gasteiger partial charge in [-0.25, -0.2) is 4.39 Å². The van der Waals surface area contributed by atoms with Crippen LogP contribution in [0.2, 0.25) is 0 Å². The standard InChI is InChI=1S/C30H35FN6O2/c1-20-6-3-7-22-8-4-10-26(27(20)22)37-13-11-24-25(18-37)33-30(39-19-23-9-5-12-32-23)34-28(24)35-14-16-36(17-15-35)29(38)21(2)31/h3-4,6-8,10,23,32H,2,5,9,11-19H2,1H3. The van der Waals surface area contributed by atoms with Crippen LogP contribution < -0.4 is 19.9 Å². The number of hydrogen-bond donors (Lipinski definition) is 1. The van der Waals surface area contributed by atoms with Gasteiger partial charge in [-0.1, -0.05) is 36.9 Å². The van der Waals surface area contributed by atoms with Crippen molar-refractivity contribution in [3.05, 3.63) is 65.6 Å². The van der Waals surface area contributed by atoms with Crippen LogP contribution in [0.5, 0.6) is 6.01 Å². The van der Waals surface area contributed by atoms with Crippen LogP contribution in [0.1, 0.15) is 29.7 Å². The number of hydrogen-bond acceptors (Lipinski definition) is 7. The Balaban J connectivity index is 1.30. The molecule has 0 spiro atoms. The zero-order valence-electron chi connectivity index (χ0n) is 22.5. The zero-order chi connectivity index (χ0) is 26.9. The minimum absolute atomic E-state index is 0.312. The van der Waals surface area contributed by atoms with Gasteiger partial charge in [-0.3, -0.25) is 4.79 Å². The predicted molar refractivity (Wildman–Crippen MR) is 151 cm³/mol. The molecule has 1 amide bonds. The molecule has 4 heterocycles. The number of aromatic nitrogens is 2. The Morgan fingerprint density at radius 2 is 1.90 bits per heavy atom. The van der Waals surface area contributed by atoms with Crippen molar-refractivity contribution in [2.45, 2.75) is 38.8 Å². The number of nitrogens with zero attached hydrogens (tertiary/aromatic N) is 5. The van der Waals surface area contributed by atoms with Gasteiger partial charge in [0, 0.05) is 55.4 Å². The van der Waals surface area contributed by atoms with E-state index >= 15 is 0 Å². The van der Waals surface area contributed by atoms with Crippen molar-refractivity contribution in [2.24, 2.45) is 0 Å². The van der Waals surface area contributed by atoms with E-state index < -0.39 is 11.7 Å². The van der Waals surface area contributed by atoms with E-state index in [0.717, 1.165) is 49.4 Å². The Bertz CT molecular complexity index is 1390. The van der Waals surface area contributed by atoms with Gasteiger partial charge in [0.15, 0.2) is 5.83 Å². The summed E-state index contributed by atoms with van der Waals surface area (Å²) in [5.74, 6) is -0.675. The summed E-state index contributed by atoms with van der Waals surface area (Å²) < 4.78 is 19.6. The number of nitrogens with one attached hydrogen (secondary N) is 1. The van der Waals surface area contributed by atoms with Gasteiger partial charge in [-0.05, 0) is 49.7 Å². The van der Waals surface area contributed by atoms with E-state index in [0.29, 0.717) is 51.4 Å². The Labute approximate surface area is 228 Å². The maximum atomic E-state index is 13.4. The number of rotatable bonds is 6. The summed E-state index contributed by atoms with van der Waals surface area (Å²) in [4.78, 5) is 28.0. The average Bonchev–Trinajstić information content (AvgIpc) is 3.49. The lowest BCUT2D eigenvalue weighted by Crippen LogP contribution is -2.49. The van der Waals surface area contributed by atoms with Crippen LogP contribution in [0.3, 0.4) is 0 Å². The molecule has 1 aromatic heterocycles. The van der Waals surface area contributed by atoms with Crippen molar-refractivity contribution in [1.82, 2.24) is 20.2 Å². The number of piperazine rings is 1. The lowest BCUT2D eigenvalue weighted by atomic mass is 9.99. The van der Waals surface area contributed by atoms with Crippen LogP contribution in [0.25, 0.3) is 10.8 Å². The summed E-state index contributed by atoms with van der Waals surface area (Å²) in [5.41, 5.74) is 4.58. The van der Waals surface area contributed by atoms with Gasteiger partial charge >= 0.3 is 6.01 Å². The van der Waals surface area contributed by atoms with Gasteiger partial charge < -0.3 is 24.8 Å². The molecular weight excluding hydrogens is 495 g/mol. The monoisotopic (exact) mass is 530 g/mol. The lowest BCUT2D eigenvalue weighted by molar-refractivity contribution is -0.128. The Morgan fingerprint density at radius 3 is 2.64 bits per heavy atom. The topological polar surface area (TPSA) is 73.8 Å². The van der Waals surface area contributed by atoms with E-state index in [1.807, 2.05) is 0 Å². The second kappa shape index (κ2) is 10.8. The Morgan fingerprint density at radius 1 is 1.10 bits per heavy atom. The van der Waals surface area contributed by atoms with E-state index in [-0.39, 0.29) is 0 Å². The quantitative estimate of drug-likeness (QED) is 0.487. The molecule has 0 bridgehead atoms. The van der Waals surface area contributed by atoms with Crippen LogP contribution >= 0.6 is 0 Å². The first-order valence-electron chi connectivity index (χ1n) is 13.9. The molecule has 2 fully saturated rings. The number of carbonyl (C=O) groups excluding carboxylic acids is 1. The number of carbonyl (C=O) groups is 1. The molecule has 0 radical (unpaired) electrons. The summed E-state index contributed by atoms with van der Waals surface area (Å²) in [6.07, 6.45) is 3.04. The largest absolute Gasteiger partial charge is 0.462 e. The molecule has 204 valence electrons.